The van der Waals surface area contributed by atoms with E-state index in [1.54, 1.807) is 24.7 Å². The summed E-state index contributed by atoms with van der Waals surface area (Å²) in [5.41, 5.74) is 2.85. The van der Waals surface area contributed by atoms with Gasteiger partial charge in [0.15, 0.2) is 0 Å². The van der Waals surface area contributed by atoms with Crippen LogP contribution < -0.4 is 4.90 Å². The molecule has 1 unspecified atom stereocenters. The average Bonchev–Trinajstić information content (AvgIpc) is 3.61. The molecule has 33 heavy (non-hydrogen) atoms. The molecule has 166 valence electrons. The number of hydrogen-bond donors (Lipinski definition) is 0. The van der Waals surface area contributed by atoms with Crippen LogP contribution in [0.5, 0.6) is 0 Å². The van der Waals surface area contributed by atoms with Crippen molar-refractivity contribution < 1.29 is 9.53 Å². The number of nitriles is 1. The summed E-state index contributed by atoms with van der Waals surface area (Å²) in [6.45, 7) is 1.42. The Bertz CT molecular complexity index is 1230. The van der Waals surface area contributed by atoms with E-state index in [2.05, 4.69) is 25.9 Å². The van der Waals surface area contributed by atoms with Gasteiger partial charge >= 0.3 is 0 Å². The van der Waals surface area contributed by atoms with Gasteiger partial charge in [-0.1, -0.05) is 12.1 Å². The van der Waals surface area contributed by atoms with Crippen molar-refractivity contribution in [2.24, 2.45) is 0 Å². The number of likely N-dealkylation sites (tertiary alicyclic amines) is 1. The van der Waals surface area contributed by atoms with E-state index in [1.165, 1.54) is 0 Å². The Morgan fingerprint density at radius 3 is 2.58 bits per heavy atom. The molecule has 1 aromatic carbocycles. The van der Waals surface area contributed by atoms with Gasteiger partial charge in [0, 0.05) is 49.3 Å². The number of para-hydroxylation sites is 1. The molecule has 8 heteroatoms. The number of amides is 1. The normalized spacial score (nSPS) is 22.9. The van der Waals surface area contributed by atoms with Crippen LogP contribution in [0.4, 0.5) is 5.82 Å². The zero-order valence-corrected chi connectivity index (χ0v) is 18.2. The minimum Gasteiger partial charge on any atom is -0.360 e. The van der Waals surface area contributed by atoms with Crippen molar-refractivity contribution in [3.8, 4) is 6.07 Å². The molecule has 2 saturated heterocycles. The van der Waals surface area contributed by atoms with E-state index in [0.717, 1.165) is 48.1 Å². The molecule has 3 aromatic rings. The third-order valence-corrected chi connectivity index (χ3v) is 7.14. The Morgan fingerprint density at radius 1 is 1.09 bits per heavy atom. The molecule has 0 radical (unpaired) electrons. The quantitative estimate of drug-likeness (QED) is 0.602. The molecule has 1 aliphatic carbocycles. The van der Waals surface area contributed by atoms with Gasteiger partial charge in [-0.3, -0.25) is 14.8 Å². The zero-order valence-electron chi connectivity index (χ0n) is 18.2. The van der Waals surface area contributed by atoms with Crippen LogP contribution in [0.25, 0.3) is 11.0 Å². The molecular formula is C25H24N6O2. The number of hydrogen-bond acceptors (Lipinski definition) is 7. The van der Waals surface area contributed by atoms with Gasteiger partial charge in [0.2, 0.25) is 5.91 Å². The first-order valence-corrected chi connectivity index (χ1v) is 11.4. The Labute approximate surface area is 191 Å². The lowest BCUT2D eigenvalue weighted by Crippen LogP contribution is -2.56. The van der Waals surface area contributed by atoms with Crippen LogP contribution in [-0.2, 0) is 15.1 Å². The van der Waals surface area contributed by atoms with Crippen molar-refractivity contribution in [3.63, 3.8) is 0 Å². The number of nitrogens with zero attached hydrogens (tertiary/aromatic N) is 6. The van der Waals surface area contributed by atoms with Gasteiger partial charge < -0.3 is 14.5 Å². The molecule has 4 heterocycles. The highest BCUT2D eigenvalue weighted by Gasteiger charge is 2.48. The summed E-state index contributed by atoms with van der Waals surface area (Å²) in [6, 6.07) is 12.3. The molecule has 3 fully saturated rings. The molecule has 1 saturated carbocycles. The van der Waals surface area contributed by atoms with Crippen molar-refractivity contribution in [2.75, 3.05) is 24.6 Å². The molecular weight excluding hydrogens is 416 g/mol. The first-order chi connectivity index (χ1) is 16.2. The Morgan fingerprint density at radius 2 is 1.88 bits per heavy atom. The summed E-state index contributed by atoms with van der Waals surface area (Å²) in [5, 5.41) is 9.02. The lowest BCUT2D eigenvalue weighted by Gasteiger charge is -2.41. The van der Waals surface area contributed by atoms with Crippen LogP contribution in [0.2, 0.25) is 0 Å². The largest absolute Gasteiger partial charge is 0.360 e. The lowest BCUT2D eigenvalue weighted by atomic mass is 10.1. The third kappa shape index (κ3) is 3.49. The second-order valence-electron chi connectivity index (χ2n) is 9.12. The SMILES string of the molecule is N#Cc1ccc(N2C3CC[C@H]2CN(C(=O)COC2(c4cccc5nccnc45)CC2)C3)nc1. The fourth-order valence-electron chi connectivity index (χ4n) is 5.34. The first-order valence-electron chi connectivity index (χ1n) is 11.4. The number of benzene rings is 1. The zero-order chi connectivity index (χ0) is 22.4. The Hall–Kier alpha value is -3.57. The van der Waals surface area contributed by atoms with E-state index >= 15 is 0 Å². The van der Waals surface area contributed by atoms with Crippen LogP contribution in [0.3, 0.4) is 0 Å². The highest BCUT2D eigenvalue weighted by atomic mass is 16.5. The minimum absolute atomic E-state index is 0.0388. The van der Waals surface area contributed by atoms with Crippen LogP contribution in [0.1, 0.15) is 36.8 Å². The summed E-state index contributed by atoms with van der Waals surface area (Å²) < 4.78 is 6.26. The standard InChI is InChI=1S/C25H24N6O2/c26-12-17-4-7-22(29-13-17)31-18-5-6-19(31)15-30(14-18)23(32)16-33-25(8-9-25)20-2-1-3-21-24(20)28-11-10-27-21/h1-4,7,10-11,13,18-19H,5-6,8-9,14-16H2/t18-,19?/m0/s1. The number of anilines is 1. The summed E-state index contributed by atoms with van der Waals surface area (Å²) in [7, 11) is 0. The van der Waals surface area contributed by atoms with Gasteiger partial charge in [-0.05, 0) is 43.9 Å². The van der Waals surface area contributed by atoms with Crippen molar-refractivity contribution in [3.05, 3.63) is 60.0 Å². The Kier molecular flexibility index (Phi) is 4.73. The second kappa shape index (κ2) is 7.78. The highest BCUT2D eigenvalue weighted by Crippen LogP contribution is 2.50. The predicted octanol–water partition coefficient (Wildman–Crippen LogP) is 2.78. The van der Waals surface area contributed by atoms with Gasteiger partial charge in [0.1, 0.15) is 18.5 Å². The van der Waals surface area contributed by atoms with E-state index in [4.69, 9.17) is 10.00 Å². The minimum atomic E-state index is -0.432. The van der Waals surface area contributed by atoms with Gasteiger partial charge in [-0.25, -0.2) is 4.98 Å². The molecule has 3 aliphatic rings. The first kappa shape index (κ1) is 20.1. The summed E-state index contributed by atoms with van der Waals surface area (Å²) in [4.78, 5) is 30.8. The van der Waals surface area contributed by atoms with Gasteiger partial charge in [0.05, 0.1) is 22.2 Å². The molecule has 2 bridgehead atoms. The van der Waals surface area contributed by atoms with Crippen LogP contribution in [0, 0.1) is 11.3 Å². The summed E-state index contributed by atoms with van der Waals surface area (Å²) >= 11 is 0. The number of fused-ring (bicyclic) bond motifs is 3. The monoisotopic (exact) mass is 440 g/mol. The fourth-order valence-corrected chi connectivity index (χ4v) is 5.34. The topological polar surface area (TPSA) is 95.2 Å². The van der Waals surface area contributed by atoms with Gasteiger partial charge in [-0.15, -0.1) is 0 Å². The molecule has 0 spiro atoms. The smallest absolute Gasteiger partial charge is 0.248 e. The van der Waals surface area contributed by atoms with E-state index in [-0.39, 0.29) is 24.6 Å². The molecule has 2 aromatic heterocycles. The van der Waals surface area contributed by atoms with E-state index in [1.807, 2.05) is 29.2 Å². The molecule has 8 nitrogen and oxygen atoms in total. The van der Waals surface area contributed by atoms with E-state index in [9.17, 15) is 4.79 Å². The number of piperazine rings is 1. The van der Waals surface area contributed by atoms with Crippen LogP contribution >= 0.6 is 0 Å². The third-order valence-electron chi connectivity index (χ3n) is 7.14. The highest BCUT2D eigenvalue weighted by molar-refractivity contribution is 5.80. The summed E-state index contributed by atoms with van der Waals surface area (Å²) in [6.07, 6.45) is 8.86. The lowest BCUT2D eigenvalue weighted by molar-refractivity contribution is -0.140. The fraction of sp³-hybridized carbons (Fsp3) is 0.400. The number of pyridine rings is 1. The number of ether oxygens (including phenoxy) is 1. The van der Waals surface area contributed by atoms with Crippen LogP contribution in [-0.4, -0.2) is 57.5 Å². The maximum Gasteiger partial charge on any atom is 0.248 e. The summed E-state index contributed by atoms with van der Waals surface area (Å²) in [5.74, 6) is 0.927. The molecule has 0 N–H and O–H groups in total. The molecule has 6 rings (SSSR count). The van der Waals surface area contributed by atoms with Crippen molar-refractivity contribution in [1.29, 1.82) is 5.26 Å². The van der Waals surface area contributed by atoms with E-state index in [0.29, 0.717) is 18.7 Å². The van der Waals surface area contributed by atoms with Gasteiger partial charge in [-0.2, -0.15) is 5.26 Å². The number of carbonyl (C=O) groups is 1. The van der Waals surface area contributed by atoms with Crippen molar-refractivity contribution in [2.45, 2.75) is 43.4 Å². The van der Waals surface area contributed by atoms with Gasteiger partial charge in [0.25, 0.3) is 0 Å². The maximum absolute atomic E-state index is 13.1. The van der Waals surface area contributed by atoms with Crippen LogP contribution in [0.15, 0.2) is 48.9 Å². The predicted molar refractivity (Wildman–Crippen MR) is 121 cm³/mol. The number of rotatable bonds is 5. The molecule has 1 amide bonds. The second-order valence-corrected chi connectivity index (χ2v) is 9.12. The Balaban J connectivity index is 1.13. The van der Waals surface area contributed by atoms with Crippen molar-refractivity contribution in [1.82, 2.24) is 19.9 Å². The number of carbonyl (C=O) groups excluding carboxylic acids is 1. The molecule has 2 aliphatic heterocycles. The van der Waals surface area contributed by atoms with Crippen molar-refractivity contribution >= 4 is 22.8 Å². The van der Waals surface area contributed by atoms with E-state index < -0.39 is 5.60 Å². The molecule has 2 atom stereocenters. The average molecular weight is 441 g/mol. The number of aromatic nitrogens is 3. The maximum atomic E-state index is 13.1.